The Morgan fingerprint density at radius 2 is 1.29 bits per heavy atom. The Morgan fingerprint density at radius 3 is 1.29 bits per heavy atom. The van der Waals surface area contributed by atoms with Gasteiger partial charge in [0.05, 0.1) is 0 Å². The third-order valence-electron chi connectivity index (χ3n) is 0.500. The molecule has 0 aromatic heterocycles. The van der Waals surface area contributed by atoms with Gasteiger partial charge in [-0.15, -0.1) is 48.0 Å². The molecule has 46 valence electrons. The van der Waals surface area contributed by atoms with Gasteiger partial charge >= 0.3 is 39.8 Å². The molecule has 0 heterocycles. The molecular weight excluding hydrogens is 374 g/mol. The molecule has 3 heteroatoms. The van der Waals surface area contributed by atoms with Crippen LogP contribution in [0.15, 0.2) is 0 Å². The molecule has 0 aliphatic carbocycles. The van der Waals surface area contributed by atoms with E-state index in [1.165, 1.54) is 10.5 Å². The second-order valence-corrected chi connectivity index (χ2v) is 4.97. The molecule has 2 radical (unpaired) electrons. The van der Waals surface area contributed by atoms with Gasteiger partial charge in [0.15, 0.2) is 0 Å². The fourth-order valence-electron chi connectivity index (χ4n) is 0.250. The van der Waals surface area contributed by atoms with E-state index in [0.29, 0.717) is 15.4 Å². The van der Waals surface area contributed by atoms with E-state index < -0.39 is 0 Å². The SMILES string of the molecule is C[CH2][Ge][CH2]C.I.I. The second kappa shape index (κ2) is 15.7. The molecule has 0 atom stereocenters. The minimum atomic E-state index is 0. The molecule has 0 aromatic rings. The first-order valence-electron chi connectivity index (χ1n) is 2.12. The molecule has 0 unspecified atom stereocenters. The molecule has 0 aliphatic rings. The Labute approximate surface area is 86.7 Å². The molecular formula is C4H12GeI2. The molecule has 0 nitrogen and oxygen atoms in total. The van der Waals surface area contributed by atoms with Crippen molar-refractivity contribution in [2.45, 2.75) is 24.4 Å². The van der Waals surface area contributed by atoms with Crippen LogP contribution in [0.3, 0.4) is 0 Å². The molecule has 0 spiro atoms. The summed E-state index contributed by atoms with van der Waals surface area (Å²) in [6.45, 7) is 4.53. The maximum absolute atomic E-state index is 2.27. The molecule has 0 aliphatic heterocycles. The van der Waals surface area contributed by atoms with Crippen molar-refractivity contribution in [2.75, 3.05) is 0 Å². The van der Waals surface area contributed by atoms with Crippen molar-refractivity contribution in [3.05, 3.63) is 0 Å². The van der Waals surface area contributed by atoms with Crippen LogP contribution < -0.4 is 0 Å². The zero-order valence-corrected chi connectivity index (χ0v) is 11.5. The minimum Gasteiger partial charge on any atom is -0.107 e. The van der Waals surface area contributed by atoms with Gasteiger partial charge in [0.2, 0.25) is 0 Å². The molecule has 7 heavy (non-hydrogen) atoms. The average molecular weight is 387 g/mol. The van der Waals surface area contributed by atoms with Crippen LogP contribution in [0.25, 0.3) is 0 Å². The van der Waals surface area contributed by atoms with Crippen molar-refractivity contribution >= 4 is 63.4 Å². The van der Waals surface area contributed by atoms with Gasteiger partial charge in [0.1, 0.15) is 0 Å². The van der Waals surface area contributed by atoms with E-state index in [4.69, 9.17) is 0 Å². The molecule has 0 saturated heterocycles. The largest absolute Gasteiger partial charge is 0.107 e. The van der Waals surface area contributed by atoms with Gasteiger partial charge < -0.3 is 0 Å². The van der Waals surface area contributed by atoms with Crippen molar-refractivity contribution < 1.29 is 0 Å². The monoisotopic (exact) mass is 388 g/mol. The van der Waals surface area contributed by atoms with E-state index in [1.807, 2.05) is 0 Å². The second-order valence-electron chi connectivity index (χ2n) is 0.957. The van der Waals surface area contributed by atoms with E-state index in [-0.39, 0.29) is 48.0 Å². The van der Waals surface area contributed by atoms with Crippen LogP contribution in [0.2, 0.25) is 10.5 Å². The molecule has 0 rings (SSSR count). The first-order chi connectivity index (χ1) is 2.41. The van der Waals surface area contributed by atoms with Crippen molar-refractivity contribution in [1.29, 1.82) is 0 Å². The number of hydrogen-bond acceptors (Lipinski definition) is 0. The number of hydrogen-bond donors (Lipinski definition) is 0. The molecule has 0 fully saturated rings. The third-order valence-corrected chi connectivity index (χ3v) is 2.60. The first kappa shape index (κ1) is 16.0. The van der Waals surface area contributed by atoms with Crippen LogP contribution in [0.5, 0.6) is 0 Å². The molecule has 0 aromatic carbocycles. The van der Waals surface area contributed by atoms with E-state index in [9.17, 15) is 0 Å². The number of halogens is 2. The third kappa shape index (κ3) is 18.0. The Kier molecular flexibility index (Phi) is 35.8. The summed E-state index contributed by atoms with van der Waals surface area (Å²) in [6.07, 6.45) is 0. The van der Waals surface area contributed by atoms with Crippen LogP contribution in [0.1, 0.15) is 13.8 Å². The van der Waals surface area contributed by atoms with Crippen molar-refractivity contribution in [3.8, 4) is 0 Å². The molecule has 0 amide bonds. The van der Waals surface area contributed by atoms with Gasteiger partial charge in [-0.1, -0.05) is 0 Å². The van der Waals surface area contributed by atoms with Crippen LogP contribution in [0.4, 0.5) is 0 Å². The van der Waals surface area contributed by atoms with Crippen molar-refractivity contribution in [2.24, 2.45) is 0 Å². The summed E-state index contributed by atoms with van der Waals surface area (Å²) in [4.78, 5) is 0. The van der Waals surface area contributed by atoms with Gasteiger partial charge in [-0.25, -0.2) is 0 Å². The Hall–Kier alpha value is 2.00. The summed E-state index contributed by atoms with van der Waals surface area (Å²) in [6, 6.07) is 0. The fourth-order valence-corrected chi connectivity index (χ4v) is 1.30. The van der Waals surface area contributed by atoms with E-state index in [2.05, 4.69) is 13.8 Å². The summed E-state index contributed by atoms with van der Waals surface area (Å²) in [5.74, 6) is 0. The molecule has 0 N–H and O–H groups in total. The van der Waals surface area contributed by atoms with Crippen LogP contribution in [-0.4, -0.2) is 15.4 Å². The first-order valence-corrected chi connectivity index (χ1v) is 5.09. The maximum Gasteiger partial charge on any atom is -0.107 e. The van der Waals surface area contributed by atoms with Gasteiger partial charge in [0, 0.05) is 0 Å². The van der Waals surface area contributed by atoms with Crippen LogP contribution in [0, 0.1) is 0 Å². The van der Waals surface area contributed by atoms with Gasteiger partial charge in [0.25, 0.3) is 0 Å². The Balaban J connectivity index is -0.0000000800. The Bertz CT molecular complexity index is 17.2. The van der Waals surface area contributed by atoms with Crippen LogP contribution in [-0.2, 0) is 0 Å². The summed E-state index contributed by atoms with van der Waals surface area (Å²) >= 11 is 0.528. The van der Waals surface area contributed by atoms with Crippen LogP contribution >= 0.6 is 48.0 Å². The summed E-state index contributed by atoms with van der Waals surface area (Å²) < 4.78 is 0. The molecule has 0 bridgehead atoms. The fraction of sp³-hybridized carbons (Fsp3) is 1.00. The van der Waals surface area contributed by atoms with E-state index >= 15 is 0 Å². The van der Waals surface area contributed by atoms with Gasteiger partial charge in [-0.3, -0.25) is 0 Å². The van der Waals surface area contributed by atoms with Crippen molar-refractivity contribution in [3.63, 3.8) is 0 Å². The van der Waals surface area contributed by atoms with E-state index in [0.717, 1.165) is 0 Å². The predicted octanol–water partition coefficient (Wildman–Crippen LogP) is 2.80. The van der Waals surface area contributed by atoms with Crippen molar-refractivity contribution in [1.82, 2.24) is 0 Å². The molecule has 0 saturated carbocycles. The summed E-state index contributed by atoms with van der Waals surface area (Å²) in [7, 11) is 0. The van der Waals surface area contributed by atoms with Gasteiger partial charge in [-0.2, -0.15) is 0 Å². The minimum absolute atomic E-state index is 0. The topological polar surface area (TPSA) is 0 Å². The zero-order chi connectivity index (χ0) is 4.12. The average Bonchev–Trinajstić information content (AvgIpc) is 1.41. The predicted molar refractivity (Wildman–Crippen MR) is 57.5 cm³/mol. The zero-order valence-electron chi connectivity index (χ0n) is 4.73. The van der Waals surface area contributed by atoms with E-state index in [1.54, 1.807) is 0 Å². The quantitative estimate of drug-likeness (QED) is 0.506. The summed E-state index contributed by atoms with van der Waals surface area (Å²) in [5.41, 5.74) is 0. The number of rotatable bonds is 2. The summed E-state index contributed by atoms with van der Waals surface area (Å²) in [5, 5.41) is 2.94. The smallest absolute Gasteiger partial charge is 0.107 e. The van der Waals surface area contributed by atoms with Gasteiger partial charge in [-0.05, 0) is 0 Å². The normalized spacial score (nSPS) is 6.00. The maximum atomic E-state index is 2.27. The standard InChI is InChI=1S/C4H10Ge.2HI/c1-3-5-4-2;;/h3-4H2,1-2H3;2*1H. The Morgan fingerprint density at radius 1 is 1.00 bits per heavy atom.